The molecule has 0 unspecified atom stereocenters. The Balaban J connectivity index is 1.63. The van der Waals surface area contributed by atoms with E-state index in [9.17, 15) is 22.4 Å². The lowest BCUT2D eigenvalue weighted by Gasteiger charge is -2.11. The molecule has 1 aromatic heterocycles. The Kier molecular flexibility index (Phi) is 7.98. The molecule has 0 radical (unpaired) electrons. The monoisotopic (exact) mass is 500 g/mol. The zero-order chi connectivity index (χ0) is 24.0. The molecule has 3 aromatic rings. The number of halogens is 5. The van der Waals surface area contributed by atoms with Crippen LogP contribution in [0.1, 0.15) is 11.4 Å². The molecular weight excluding hydrogens is 484 g/mol. The van der Waals surface area contributed by atoms with Gasteiger partial charge in [-0.25, -0.2) is 4.39 Å². The second-order valence-corrected chi connectivity index (χ2v) is 7.93. The van der Waals surface area contributed by atoms with Crippen LogP contribution >= 0.6 is 23.4 Å². The molecule has 0 spiro atoms. The van der Waals surface area contributed by atoms with Crippen LogP contribution in [0, 0.1) is 5.82 Å². The molecule has 33 heavy (non-hydrogen) atoms. The van der Waals surface area contributed by atoms with Crippen LogP contribution < -0.4 is 10.1 Å². The van der Waals surface area contributed by atoms with Crippen molar-refractivity contribution in [2.45, 2.75) is 24.5 Å². The Bertz CT molecular complexity index is 1150. The number of benzene rings is 2. The molecule has 3 rings (SSSR count). The summed E-state index contributed by atoms with van der Waals surface area (Å²) in [6, 6.07) is 8.08. The minimum Gasteiger partial charge on any atom is -0.484 e. The first-order chi connectivity index (χ1) is 15.7. The van der Waals surface area contributed by atoms with E-state index in [2.05, 4.69) is 22.1 Å². The summed E-state index contributed by atoms with van der Waals surface area (Å²) in [5.41, 5.74) is -0.821. The lowest BCUT2D eigenvalue weighted by atomic mass is 10.2. The number of rotatable bonds is 9. The third kappa shape index (κ3) is 6.72. The lowest BCUT2D eigenvalue weighted by molar-refractivity contribution is -0.137. The summed E-state index contributed by atoms with van der Waals surface area (Å²) in [7, 11) is 0. The summed E-state index contributed by atoms with van der Waals surface area (Å²) < 4.78 is 58.9. The number of ether oxygens (including phenoxy) is 1. The van der Waals surface area contributed by atoms with Crippen molar-refractivity contribution >= 4 is 35.0 Å². The van der Waals surface area contributed by atoms with Gasteiger partial charge in [-0.15, -0.1) is 16.8 Å². The number of aromatic nitrogens is 3. The molecule has 0 saturated carbocycles. The molecule has 12 heteroatoms. The van der Waals surface area contributed by atoms with E-state index in [1.54, 1.807) is 10.6 Å². The molecule has 0 aliphatic heterocycles. The average Bonchev–Trinajstić information content (AvgIpc) is 3.13. The predicted molar refractivity (Wildman–Crippen MR) is 117 cm³/mol. The molecule has 0 saturated heterocycles. The van der Waals surface area contributed by atoms with Gasteiger partial charge in [0.15, 0.2) is 11.0 Å². The third-order valence-corrected chi connectivity index (χ3v) is 5.42. The lowest BCUT2D eigenvalue weighted by Crippen LogP contribution is -2.15. The van der Waals surface area contributed by atoms with E-state index in [1.165, 1.54) is 24.3 Å². The minimum atomic E-state index is -4.51. The van der Waals surface area contributed by atoms with Gasteiger partial charge < -0.3 is 10.1 Å². The van der Waals surface area contributed by atoms with Crippen LogP contribution in [0.5, 0.6) is 5.75 Å². The van der Waals surface area contributed by atoms with E-state index in [-0.39, 0.29) is 28.8 Å². The van der Waals surface area contributed by atoms with E-state index in [0.29, 0.717) is 17.5 Å². The Morgan fingerprint density at radius 1 is 1.24 bits per heavy atom. The highest BCUT2D eigenvalue weighted by molar-refractivity contribution is 7.99. The fourth-order valence-corrected chi connectivity index (χ4v) is 3.67. The number of amides is 1. The number of allylic oxidation sites excluding steroid dienone is 1. The van der Waals surface area contributed by atoms with E-state index < -0.39 is 23.5 Å². The van der Waals surface area contributed by atoms with Crippen molar-refractivity contribution < 1.29 is 27.1 Å². The SMILES string of the molecule is C=CCn1c(COc2ccc(F)cc2Cl)nnc1SCC(=O)Nc1cccc(C(F)(F)F)c1. The maximum atomic E-state index is 13.2. The van der Waals surface area contributed by atoms with Crippen molar-refractivity contribution in [1.29, 1.82) is 0 Å². The van der Waals surface area contributed by atoms with Gasteiger partial charge >= 0.3 is 6.18 Å². The fourth-order valence-electron chi connectivity index (χ4n) is 2.68. The molecule has 0 fully saturated rings. The third-order valence-electron chi connectivity index (χ3n) is 4.16. The zero-order valence-electron chi connectivity index (χ0n) is 16.9. The summed E-state index contributed by atoms with van der Waals surface area (Å²) in [5, 5.41) is 11.0. The molecule has 1 amide bonds. The zero-order valence-corrected chi connectivity index (χ0v) is 18.5. The molecular formula is C21H17ClF4N4O2S. The summed E-state index contributed by atoms with van der Waals surface area (Å²) in [6.45, 7) is 3.97. The number of hydrogen-bond acceptors (Lipinski definition) is 5. The Labute approximate surface area is 195 Å². The summed E-state index contributed by atoms with van der Waals surface area (Å²) in [6.07, 6.45) is -2.91. The highest BCUT2D eigenvalue weighted by Crippen LogP contribution is 2.31. The van der Waals surface area contributed by atoms with Crippen molar-refractivity contribution in [3.8, 4) is 5.75 Å². The molecule has 6 nitrogen and oxygen atoms in total. The molecule has 1 N–H and O–H groups in total. The number of nitrogens with zero attached hydrogens (tertiary/aromatic N) is 3. The standard InChI is InChI=1S/C21H17ClF4N4O2S/c1-2-8-30-18(11-32-17-7-6-14(23)10-16(17)22)28-29-20(30)33-12-19(31)27-15-5-3-4-13(9-15)21(24,25)26/h2-7,9-10H,1,8,11-12H2,(H,27,31). The van der Waals surface area contributed by atoms with Crippen LogP contribution in [0.15, 0.2) is 60.3 Å². The van der Waals surface area contributed by atoms with Gasteiger partial charge in [0.05, 0.1) is 16.3 Å². The number of hydrogen-bond donors (Lipinski definition) is 1. The smallest absolute Gasteiger partial charge is 0.416 e. The molecule has 0 aliphatic rings. The first-order valence-electron chi connectivity index (χ1n) is 9.38. The van der Waals surface area contributed by atoms with Crippen LogP contribution in [0.25, 0.3) is 0 Å². The molecule has 1 heterocycles. The van der Waals surface area contributed by atoms with Gasteiger partial charge in [0, 0.05) is 12.2 Å². The molecule has 0 bridgehead atoms. The quantitative estimate of drug-likeness (QED) is 0.236. The molecule has 0 atom stereocenters. The van der Waals surface area contributed by atoms with Crippen LogP contribution in [0.4, 0.5) is 23.2 Å². The number of anilines is 1. The largest absolute Gasteiger partial charge is 0.484 e. The Hall–Kier alpha value is -3.05. The van der Waals surface area contributed by atoms with Crippen LogP contribution in [-0.4, -0.2) is 26.4 Å². The van der Waals surface area contributed by atoms with Gasteiger partial charge in [0.25, 0.3) is 0 Å². The maximum absolute atomic E-state index is 13.2. The van der Waals surface area contributed by atoms with E-state index in [1.807, 2.05) is 0 Å². The topological polar surface area (TPSA) is 69.0 Å². The molecule has 174 valence electrons. The highest BCUT2D eigenvalue weighted by atomic mass is 35.5. The van der Waals surface area contributed by atoms with Crippen molar-refractivity contribution in [2.24, 2.45) is 0 Å². The highest BCUT2D eigenvalue weighted by Gasteiger charge is 2.30. The van der Waals surface area contributed by atoms with Gasteiger partial charge in [-0.3, -0.25) is 9.36 Å². The first-order valence-corrected chi connectivity index (χ1v) is 10.7. The number of thioether (sulfide) groups is 1. The second-order valence-electron chi connectivity index (χ2n) is 6.58. The summed E-state index contributed by atoms with van der Waals surface area (Å²) in [4.78, 5) is 12.2. The van der Waals surface area contributed by atoms with E-state index >= 15 is 0 Å². The average molecular weight is 501 g/mol. The minimum absolute atomic E-state index is 0.0246. The van der Waals surface area contributed by atoms with Gasteiger partial charge in [-0.1, -0.05) is 35.5 Å². The molecule has 0 aliphatic carbocycles. The van der Waals surface area contributed by atoms with Crippen LogP contribution in [-0.2, 0) is 24.1 Å². The number of nitrogens with one attached hydrogen (secondary N) is 1. The van der Waals surface area contributed by atoms with Crippen molar-refractivity contribution in [1.82, 2.24) is 14.8 Å². The van der Waals surface area contributed by atoms with E-state index in [4.69, 9.17) is 16.3 Å². The number of carbonyl (C=O) groups excluding carboxylic acids is 1. The summed E-state index contributed by atoms with van der Waals surface area (Å²) in [5.74, 6) is -0.444. The molecule has 2 aromatic carbocycles. The Morgan fingerprint density at radius 3 is 2.73 bits per heavy atom. The maximum Gasteiger partial charge on any atom is 0.416 e. The van der Waals surface area contributed by atoms with Gasteiger partial charge in [0.2, 0.25) is 5.91 Å². The van der Waals surface area contributed by atoms with Gasteiger partial charge in [0.1, 0.15) is 18.2 Å². The Morgan fingerprint density at radius 2 is 2.03 bits per heavy atom. The van der Waals surface area contributed by atoms with Crippen LogP contribution in [0.2, 0.25) is 5.02 Å². The predicted octanol–water partition coefficient (Wildman–Crippen LogP) is 5.59. The summed E-state index contributed by atoms with van der Waals surface area (Å²) >= 11 is 7.00. The van der Waals surface area contributed by atoms with Crippen LogP contribution in [0.3, 0.4) is 0 Å². The van der Waals surface area contributed by atoms with Crippen molar-refractivity contribution in [3.05, 3.63) is 77.3 Å². The van der Waals surface area contributed by atoms with Gasteiger partial charge in [-0.05, 0) is 36.4 Å². The number of alkyl halides is 3. The van der Waals surface area contributed by atoms with Crippen molar-refractivity contribution in [2.75, 3.05) is 11.1 Å². The van der Waals surface area contributed by atoms with Crippen molar-refractivity contribution in [3.63, 3.8) is 0 Å². The fraction of sp³-hybridized carbons (Fsp3) is 0.190. The first kappa shape index (κ1) is 24.6. The normalized spacial score (nSPS) is 11.3. The van der Waals surface area contributed by atoms with E-state index in [0.717, 1.165) is 30.0 Å². The number of carbonyl (C=O) groups is 1. The second kappa shape index (κ2) is 10.7. The van der Waals surface area contributed by atoms with Gasteiger partial charge in [-0.2, -0.15) is 13.2 Å².